The second kappa shape index (κ2) is 6.95. The van der Waals surface area contributed by atoms with E-state index in [0.29, 0.717) is 0 Å². The van der Waals surface area contributed by atoms with Crippen LogP contribution in [0.15, 0.2) is 104 Å². The molecule has 3 heterocycles. The average molecular weight is 440 g/mol. The van der Waals surface area contributed by atoms with Gasteiger partial charge in [-0.25, -0.2) is 0 Å². The Morgan fingerprint density at radius 2 is 1.62 bits per heavy atom. The van der Waals surface area contributed by atoms with Gasteiger partial charge in [-0.2, -0.15) is 5.10 Å². The second-order valence-electron chi connectivity index (χ2n) is 8.72. The average Bonchev–Trinajstić information content (AvgIpc) is 3.61. The summed E-state index contributed by atoms with van der Waals surface area (Å²) in [6, 6.07) is 33.4. The van der Waals surface area contributed by atoms with Gasteiger partial charge in [-0.05, 0) is 39.0 Å². The molecule has 1 aliphatic carbocycles. The van der Waals surface area contributed by atoms with Crippen molar-refractivity contribution in [3.05, 3.63) is 126 Å². The van der Waals surface area contributed by atoms with E-state index >= 15 is 0 Å². The first kappa shape index (κ1) is 18.9. The smallest absolute Gasteiger partial charge is 0.281 e. The van der Waals surface area contributed by atoms with E-state index in [0.717, 1.165) is 28.3 Å². The lowest BCUT2D eigenvalue weighted by molar-refractivity contribution is -0.394. The molecule has 160 valence electrons. The molecule has 1 aliphatic heterocycles. The summed E-state index contributed by atoms with van der Waals surface area (Å²) in [5, 5.41) is 7.66. The van der Waals surface area contributed by atoms with Crippen molar-refractivity contribution in [1.82, 2.24) is 19.8 Å². The zero-order valence-electron chi connectivity index (χ0n) is 18.6. The fraction of sp³-hybridized carbons (Fsp3) is 0.0690. The minimum Gasteiger partial charge on any atom is -0.281 e. The SMILES string of the molecule is C[N+]1=C=[N+](c2cccc(C3(c4ccn[nH]4)c4ccccc4-c4cnccc43)c2)c2ccccc21. The summed E-state index contributed by atoms with van der Waals surface area (Å²) in [7, 11) is 2.03. The first-order chi connectivity index (χ1) is 16.8. The Morgan fingerprint density at radius 3 is 2.50 bits per heavy atom. The van der Waals surface area contributed by atoms with E-state index in [1.54, 1.807) is 0 Å². The summed E-state index contributed by atoms with van der Waals surface area (Å²) in [5.41, 5.74) is 9.79. The highest BCUT2D eigenvalue weighted by molar-refractivity contribution is 5.85. The third-order valence-corrected chi connectivity index (χ3v) is 7.02. The molecule has 1 N–H and O–H groups in total. The summed E-state index contributed by atoms with van der Waals surface area (Å²) < 4.78 is 4.17. The van der Waals surface area contributed by atoms with Crippen molar-refractivity contribution in [3.63, 3.8) is 0 Å². The topological polar surface area (TPSA) is 47.6 Å². The van der Waals surface area contributed by atoms with E-state index < -0.39 is 5.41 Å². The Labute approximate surface area is 197 Å². The van der Waals surface area contributed by atoms with E-state index in [-0.39, 0.29) is 0 Å². The molecule has 0 fully saturated rings. The number of aromatic amines is 1. The largest absolute Gasteiger partial charge is 0.496 e. The van der Waals surface area contributed by atoms with Crippen molar-refractivity contribution >= 4 is 23.1 Å². The van der Waals surface area contributed by atoms with Crippen LogP contribution in [0, 0.1) is 0 Å². The number of benzene rings is 3. The third-order valence-electron chi connectivity index (χ3n) is 7.02. The molecule has 2 aromatic heterocycles. The number of hydrogen-bond donors (Lipinski definition) is 1. The lowest BCUT2D eigenvalue weighted by Gasteiger charge is -2.31. The van der Waals surface area contributed by atoms with Gasteiger partial charge in [0.05, 0.1) is 11.1 Å². The van der Waals surface area contributed by atoms with Gasteiger partial charge in [0.1, 0.15) is 0 Å². The molecule has 2 aliphatic rings. The van der Waals surface area contributed by atoms with Gasteiger partial charge >= 0.3 is 6.01 Å². The van der Waals surface area contributed by atoms with Crippen LogP contribution in [0.1, 0.15) is 22.4 Å². The standard InChI is InChI=1S/C29H21N5/c1-33-19-34(27-12-5-4-11-26(27)33)21-8-6-7-20(17-21)29(28-14-16-31-32-28)24-10-3-2-9-22(24)23-18-30-15-13-25(23)29/h2-18H,1H3,(H,31,32)/q+2. The molecule has 0 saturated carbocycles. The van der Waals surface area contributed by atoms with Crippen molar-refractivity contribution in [3.8, 4) is 11.1 Å². The Balaban J connectivity index is 1.54. The Kier molecular flexibility index (Phi) is 3.87. The monoisotopic (exact) mass is 439 g/mol. The Hall–Kier alpha value is -4.60. The van der Waals surface area contributed by atoms with Gasteiger partial charge in [0.25, 0.3) is 11.4 Å². The van der Waals surface area contributed by atoms with E-state index in [2.05, 4.69) is 111 Å². The predicted octanol–water partition coefficient (Wildman–Crippen LogP) is 5.46. The van der Waals surface area contributed by atoms with Gasteiger partial charge in [0, 0.05) is 48.4 Å². The number of nitrogens with zero attached hydrogens (tertiary/aromatic N) is 4. The molecule has 0 radical (unpaired) electrons. The minimum atomic E-state index is -0.521. The quantitative estimate of drug-likeness (QED) is 0.372. The molecule has 5 aromatic rings. The van der Waals surface area contributed by atoms with E-state index in [4.69, 9.17) is 0 Å². The van der Waals surface area contributed by atoms with Crippen LogP contribution >= 0.6 is 0 Å². The minimum absolute atomic E-state index is 0.521. The van der Waals surface area contributed by atoms with Crippen molar-refractivity contribution in [2.45, 2.75) is 5.41 Å². The van der Waals surface area contributed by atoms with Crippen LogP contribution in [0.25, 0.3) is 11.1 Å². The normalized spacial score (nSPS) is 17.6. The van der Waals surface area contributed by atoms with Crippen LogP contribution in [0.3, 0.4) is 0 Å². The van der Waals surface area contributed by atoms with E-state index in [1.165, 1.54) is 22.3 Å². The highest BCUT2D eigenvalue weighted by atomic mass is 15.2. The van der Waals surface area contributed by atoms with Crippen molar-refractivity contribution in [1.29, 1.82) is 0 Å². The Morgan fingerprint density at radius 1 is 0.794 bits per heavy atom. The fourth-order valence-electron chi connectivity index (χ4n) is 5.62. The molecule has 1 unspecified atom stereocenters. The van der Waals surface area contributed by atoms with Crippen LogP contribution in [-0.2, 0) is 5.41 Å². The van der Waals surface area contributed by atoms with Crippen LogP contribution in [0.5, 0.6) is 0 Å². The molecule has 7 rings (SSSR count). The van der Waals surface area contributed by atoms with Gasteiger partial charge in [0.15, 0.2) is 7.05 Å². The highest BCUT2D eigenvalue weighted by Gasteiger charge is 2.48. The summed E-state index contributed by atoms with van der Waals surface area (Å²) in [4.78, 5) is 4.46. The van der Waals surface area contributed by atoms with Gasteiger partial charge in [0.2, 0.25) is 5.69 Å². The number of H-pyrrole nitrogens is 1. The summed E-state index contributed by atoms with van der Waals surface area (Å²) >= 11 is 0. The van der Waals surface area contributed by atoms with Gasteiger partial charge < -0.3 is 0 Å². The zero-order valence-corrected chi connectivity index (χ0v) is 18.6. The lowest BCUT2D eigenvalue weighted by Crippen LogP contribution is -2.29. The molecule has 0 spiro atoms. The number of para-hydroxylation sites is 2. The number of hydrogen-bond acceptors (Lipinski definition) is 2. The van der Waals surface area contributed by atoms with E-state index in [1.807, 2.05) is 30.2 Å². The summed E-state index contributed by atoms with van der Waals surface area (Å²) in [6.45, 7) is 0. The van der Waals surface area contributed by atoms with E-state index in [9.17, 15) is 0 Å². The molecule has 0 bridgehead atoms. The van der Waals surface area contributed by atoms with Crippen LogP contribution < -0.4 is 4.58 Å². The highest BCUT2D eigenvalue weighted by Crippen LogP contribution is 2.55. The number of fused-ring (bicyclic) bond motifs is 4. The van der Waals surface area contributed by atoms with Crippen LogP contribution in [-0.4, -0.2) is 32.8 Å². The summed E-state index contributed by atoms with van der Waals surface area (Å²) in [6.07, 6.45) is 5.69. The van der Waals surface area contributed by atoms with Crippen LogP contribution in [0.2, 0.25) is 0 Å². The lowest BCUT2D eigenvalue weighted by atomic mass is 9.70. The first-order valence-electron chi connectivity index (χ1n) is 11.3. The molecule has 5 nitrogen and oxygen atoms in total. The number of rotatable bonds is 3. The zero-order chi connectivity index (χ0) is 22.7. The molecule has 0 amide bonds. The predicted molar refractivity (Wildman–Crippen MR) is 132 cm³/mol. The number of nitrogens with one attached hydrogen (secondary N) is 1. The molecule has 1 atom stereocenters. The molecule has 34 heavy (non-hydrogen) atoms. The molecular weight excluding hydrogens is 418 g/mol. The maximum absolute atomic E-state index is 4.46. The Bertz CT molecular complexity index is 1610. The molecule has 3 aromatic carbocycles. The second-order valence-corrected chi connectivity index (χ2v) is 8.72. The summed E-state index contributed by atoms with van der Waals surface area (Å²) in [5.74, 6) is 0. The molecule has 0 saturated heterocycles. The molecule has 5 heteroatoms. The van der Waals surface area contributed by atoms with Gasteiger partial charge in [-0.15, -0.1) is 0 Å². The number of pyridine rings is 1. The molecular formula is C29H21N5+2. The first-order valence-corrected chi connectivity index (χ1v) is 11.3. The van der Waals surface area contributed by atoms with Crippen LogP contribution in [0.4, 0.5) is 17.1 Å². The van der Waals surface area contributed by atoms with Crippen molar-refractivity contribution in [2.24, 2.45) is 0 Å². The maximum atomic E-state index is 4.46. The third kappa shape index (κ3) is 2.39. The van der Waals surface area contributed by atoms with Gasteiger partial charge in [-0.3, -0.25) is 10.1 Å². The fourth-order valence-corrected chi connectivity index (χ4v) is 5.62. The maximum Gasteiger partial charge on any atom is 0.496 e. The van der Waals surface area contributed by atoms with Crippen molar-refractivity contribution in [2.75, 3.05) is 7.05 Å². The number of aromatic nitrogens is 3. The van der Waals surface area contributed by atoms with Crippen molar-refractivity contribution < 1.29 is 4.58 Å². The van der Waals surface area contributed by atoms with Gasteiger partial charge in [-0.1, -0.05) is 53.1 Å².